The number of rotatable bonds is 3. The number of imidazole rings is 1. The predicted molar refractivity (Wildman–Crippen MR) is 75.0 cm³/mol. The minimum atomic E-state index is -0.0992. The lowest BCUT2D eigenvalue weighted by molar-refractivity contribution is 0.270. The van der Waals surface area contributed by atoms with Crippen molar-refractivity contribution in [3.8, 4) is 11.6 Å². The van der Waals surface area contributed by atoms with E-state index in [0.29, 0.717) is 11.6 Å². The second kappa shape index (κ2) is 4.68. The molecule has 19 heavy (non-hydrogen) atoms. The zero-order chi connectivity index (χ0) is 13.4. The summed E-state index contributed by atoms with van der Waals surface area (Å²) in [5.41, 5.74) is 2.96. The van der Waals surface area contributed by atoms with Crippen molar-refractivity contribution in [3.05, 3.63) is 46.6 Å². The highest BCUT2D eigenvalue weighted by Gasteiger charge is 2.14. The first-order chi connectivity index (χ1) is 9.17. The number of hydrogen-bond acceptors (Lipinski definition) is 4. The van der Waals surface area contributed by atoms with Crippen LogP contribution in [0.1, 0.15) is 16.8 Å². The maximum absolute atomic E-state index is 9.47. The van der Waals surface area contributed by atoms with E-state index in [9.17, 15) is 5.11 Å². The predicted octanol–water partition coefficient (Wildman–Crippen LogP) is 3.30. The third-order valence-corrected chi connectivity index (χ3v) is 3.64. The van der Waals surface area contributed by atoms with Gasteiger partial charge in [-0.1, -0.05) is 6.07 Å². The monoisotopic (exact) mass is 274 g/mol. The van der Waals surface area contributed by atoms with Crippen LogP contribution in [0.4, 0.5) is 0 Å². The lowest BCUT2D eigenvalue weighted by atomic mass is 10.1. The molecule has 0 aliphatic rings. The molecule has 1 N–H and O–H groups in total. The minimum absolute atomic E-state index is 0.0992. The van der Waals surface area contributed by atoms with E-state index in [0.717, 1.165) is 21.8 Å². The van der Waals surface area contributed by atoms with Crippen LogP contribution in [0, 0.1) is 13.8 Å². The SMILES string of the molecule is Cc1cc(C)cc(Oc2nc3sccn3c2CO)c1. The summed E-state index contributed by atoms with van der Waals surface area (Å²) in [4.78, 5) is 5.22. The number of benzene rings is 1. The van der Waals surface area contributed by atoms with Gasteiger partial charge in [0.2, 0.25) is 5.88 Å². The lowest BCUT2D eigenvalue weighted by Crippen LogP contribution is -1.94. The Morgan fingerprint density at radius 1 is 1.26 bits per heavy atom. The quantitative estimate of drug-likeness (QED) is 0.797. The fourth-order valence-electron chi connectivity index (χ4n) is 2.14. The number of aliphatic hydroxyl groups excluding tert-OH is 1. The topological polar surface area (TPSA) is 46.8 Å². The van der Waals surface area contributed by atoms with E-state index < -0.39 is 0 Å². The molecular weight excluding hydrogens is 260 g/mol. The highest BCUT2D eigenvalue weighted by Crippen LogP contribution is 2.28. The van der Waals surface area contributed by atoms with Gasteiger partial charge in [-0.15, -0.1) is 11.3 Å². The molecule has 5 heteroatoms. The van der Waals surface area contributed by atoms with Crippen molar-refractivity contribution in [1.29, 1.82) is 0 Å². The largest absolute Gasteiger partial charge is 0.437 e. The van der Waals surface area contributed by atoms with E-state index in [1.807, 2.05) is 42.0 Å². The number of fused-ring (bicyclic) bond motifs is 1. The Labute approximate surface area is 114 Å². The van der Waals surface area contributed by atoms with Crippen LogP contribution in [0.15, 0.2) is 29.8 Å². The Bertz CT molecular complexity index is 710. The van der Waals surface area contributed by atoms with E-state index in [2.05, 4.69) is 11.1 Å². The van der Waals surface area contributed by atoms with Gasteiger partial charge in [0.05, 0.1) is 6.61 Å². The van der Waals surface area contributed by atoms with Gasteiger partial charge >= 0.3 is 0 Å². The summed E-state index contributed by atoms with van der Waals surface area (Å²) in [6, 6.07) is 6.01. The molecular formula is C14H14N2O2S. The van der Waals surface area contributed by atoms with Crippen LogP contribution in [0.25, 0.3) is 4.96 Å². The van der Waals surface area contributed by atoms with Crippen LogP contribution in [0.2, 0.25) is 0 Å². The van der Waals surface area contributed by atoms with Crippen LogP contribution in [0.3, 0.4) is 0 Å². The molecule has 0 radical (unpaired) electrons. The number of hydrogen-bond donors (Lipinski definition) is 1. The van der Waals surface area contributed by atoms with Crippen LogP contribution < -0.4 is 4.74 Å². The second-order valence-electron chi connectivity index (χ2n) is 4.50. The molecule has 0 bridgehead atoms. The minimum Gasteiger partial charge on any atom is -0.437 e. The van der Waals surface area contributed by atoms with Crippen molar-refractivity contribution in [3.63, 3.8) is 0 Å². The van der Waals surface area contributed by atoms with Gasteiger partial charge in [-0.2, -0.15) is 4.98 Å². The molecule has 0 atom stereocenters. The van der Waals surface area contributed by atoms with Gasteiger partial charge in [0, 0.05) is 11.6 Å². The van der Waals surface area contributed by atoms with Gasteiger partial charge in [-0.25, -0.2) is 0 Å². The van der Waals surface area contributed by atoms with Crippen molar-refractivity contribution in [2.75, 3.05) is 0 Å². The molecule has 2 heterocycles. The Morgan fingerprint density at radius 2 is 2.00 bits per heavy atom. The molecule has 0 unspecified atom stereocenters. The Balaban J connectivity index is 2.02. The van der Waals surface area contributed by atoms with Gasteiger partial charge in [0.15, 0.2) is 4.96 Å². The first-order valence-corrected chi connectivity index (χ1v) is 6.87. The summed E-state index contributed by atoms with van der Waals surface area (Å²) in [7, 11) is 0. The van der Waals surface area contributed by atoms with E-state index in [4.69, 9.17) is 4.74 Å². The third kappa shape index (κ3) is 2.22. The maximum Gasteiger partial charge on any atom is 0.244 e. The Kier molecular flexibility index (Phi) is 3.00. The summed E-state index contributed by atoms with van der Waals surface area (Å²) in [5, 5.41) is 11.4. The zero-order valence-electron chi connectivity index (χ0n) is 10.8. The summed E-state index contributed by atoms with van der Waals surface area (Å²) in [6.45, 7) is 3.95. The molecule has 0 saturated heterocycles. The highest BCUT2D eigenvalue weighted by atomic mass is 32.1. The summed E-state index contributed by atoms with van der Waals surface area (Å²) in [5.74, 6) is 1.22. The molecule has 2 aromatic heterocycles. The van der Waals surface area contributed by atoms with Crippen LogP contribution in [-0.2, 0) is 6.61 Å². The Hall–Kier alpha value is -1.85. The molecule has 0 saturated carbocycles. The van der Waals surface area contributed by atoms with Gasteiger partial charge in [0.25, 0.3) is 0 Å². The molecule has 1 aromatic carbocycles. The van der Waals surface area contributed by atoms with Crippen LogP contribution >= 0.6 is 11.3 Å². The highest BCUT2D eigenvalue weighted by molar-refractivity contribution is 7.15. The molecule has 98 valence electrons. The Morgan fingerprint density at radius 3 is 2.68 bits per heavy atom. The normalized spacial score (nSPS) is 11.1. The smallest absolute Gasteiger partial charge is 0.244 e. The number of aryl methyl sites for hydroxylation is 2. The van der Waals surface area contributed by atoms with Crippen molar-refractivity contribution in [2.24, 2.45) is 0 Å². The fourth-order valence-corrected chi connectivity index (χ4v) is 2.87. The maximum atomic E-state index is 9.47. The van der Waals surface area contributed by atoms with Gasteiger partial charge in [-0.3, -0.25) is 4.40 Å². The van der Waals surface area contributed by atoms with E-state index in [-0.39, 0.29) is 6.61 Å². The number of aliphatic hydroxyl groups is 1. The first-order valence-electron chi connectivity index (χ1n) is 5.99. The van der Waals surface area contributed by atoms with E-state index in [1.165, 1.54) is 11.3 Å². The number of ether oxygens (including phenoxy) is 1. The fraction of sp³-hybridized carbons (Fsp3) is 0.214. The summed E-state index contributed by atoms with van der Waals surface area (Å²) < 4.78 is 7.67. The second-order valence-corrected chi connectivity index (χ2v) is 5.38. The van der Waals surface area contributed by atoms with Crippen LogP contribution in [-0.4, -0.2) is 14.5 Å². The number of nitrogens with zero attached hydrogens (tertiary/aromatic N) is 2. The molecule has 0 aliphatic heterocycles. The standard InChI is InChI=1S/C14H14N2O2S/c1-9-5-10(2)7-11(6-9)18-13-12(8-17)16-3-4-19-14(16)15-13/h3-7,17H,8H2,1-2H3. The molecule has 3 aromatic rings. The molecule has 0 amide bonds. The number of aromatic nitrogens is 2. The van der Waals surface area contributed by atoms with Crippen LogP contribution in [0.5, 0.6) is 11.6 Å². The van der Waals surface area contributed by atoms with Gasteiger partial charge in [0.1, 0.15) is 11.4 Å². The lowest BCUT2D eigenvalue weighted by Gasteiger charge is -2.06. The van der Waals surface area contributed by atoms with Gasteiger partial charge in [-0.05, 0) is 37.1 Å². The third-order valence-electron chi connectivity index (χ3n) is 2.88. The van der Waals surface area contributed by atoms with Gasteiger partial charge < -0.3 is 9.84 Å². The van der Waals surface area contributed by atoms with Crippen molar-refractivity contribution < 1.29 is 9.84 Å². The molecule has 0 spiro atoms. The molecule has 3 rings (SSSR count). The molecule has 0 aliphatic carbocycles. The first kappa shape index (κ1) is 12.2. The van der Waals surface area contributed by atoms with Crippen molar-refractivity contribution in [2.45, 2.75) is 20.5 Å². The number of thiazole rings is 1. The summed E-state index contributed by atoms with van der Waals surface area (Å²) >= 11 is 1.52. The average Bonchev–Trinajstić information content (AvgIpc) is 2.87. The molecule has 0 fully saturated rings. The van der Waals surface area contributed by atoms with Crippen molar-refractivity contribution in [1.82, 2.24) is 9.38 Å². The summed E-state index contributed by atoms with van der Waals surface area (Å²) in [6.07, 6.45) is 1.88. The van der Waals surface area contributed by atoms with E-state index >= 15 is 0 Å². The molecule has 4 nitrogen and oxygen atoms in total. The van der Waals surface area contributed by atoms with E-state index in [1.54, 1.807) is 0 Å². The van der Waals surface area contributed by atoms with Crippen molar-refractivity contribution >= 4 is 16.3 Å². The zero-order valence-corrected chi connectivity index (χ0v) is 11.6. The average molecular weight is 274 g/mol.